The van der Waals surface area contributed by atoms with E-state index in [1.54, 1.807) is 7.11 Å². The number of rotatable bonds is 6. The number of carbonyl (C=O) groups is 1. The minimum absolute atomic E-state index is 0.329. The summed E-state index contributed by atoms with van der Waals surface area (Å²) in [7, 11) is 1.65. The molecule has 1 aromatic rings. The second-order valence-corrected chi connectivity index (χ2v) is 4.96. The molecular formula is C15H21NO2. The summed E-state index contributed by atoms with van der Waals surface area (Å²) in [6, 6.07) is 7.76. The molecule has 0 bridgehead atoms. The van der Waals surface area contributed by atoms with Gasteiger partial charge in [-0.2, -0.15) is 0 Å². The first-order chi connectivity index (χ1) is 8.78. The van der Waals surface area contributed by atoms with Crippen molar-refractivity contribution in [3.05, 3.63) is 29.8 Å². The topological polar surface area (TPSA) is 38.3 Å². The molecule has 0 aliphatic carbocycles. The lowest BCUT2D eigenvalue weighted by atomic mass is 9.98. The fourth-order valence-corrected chi connectivity index (χ4v) is 2.42. The molecule has 1 aromatic carbocycles. The summed E-state index contributed by atoms with van der Waals surface area (Å²) in [5, 5.41) is 3.33. The zero-order valence-electron chi connectivity index (χ0n) is 10.9. The molecule has 98 valence electrons. The van der Waals surface area contributed by atoms with Crippen molar-refractivity contribution in [1.82, 2.24) is 5.32 Å². The Labute approximate surface area is 109 Å². The first-order valence-corrected chi connectivity index (χ1v) is 6.63. The number of hydrogen-bond acceptors (Lipinski definition) is 3. The van der Waals surface area contributed by atoms with Gasteiger partial charge in [0, 0.05) is 12.8 Å². The average molecular weight is 247 g/mol. The third-order valence-electron chi connectivity index (χ3n) is 3.53. The van der Waals surface area contributed by atoms with Crippen LogP contribution in [0.15, 0.2) is 24.3 Å². The number of hydrogen-bond donors (Lipinski definition) is 1. The maximum Gasteiger partial charge on any atom is 0.137 e. The highest BCUT2D eigenvalue weighted by atomic mass is 16.5. The highest BCUT2D eigenvalue weighted by Crippen LogP contribution is 2.17. The molecule has 1 aliphatic rings. The minimum Gasteiger partial charge on any atom is -0.497 e. The van der Waals surface area contributed by atoms with E-state index in [-0.39, 0.29) is 0 Å². The van der Waals surface area contributed by atoms with Gasteiger partial charge in [0.2, 0.25) is 0 Å². The quantitative estimate of drug-likeness (QED) is 0.837. The van der Waals surface area contributed by atoms with Gasteiger partial charge in [0.1, 0.15) is 11.5 Å². The van der Waals surface area contributed by atoms with E-state index < -0.39 is 0 Å². The van der Waals surface area contributed by atoms with Crippen molar-refractivity contribution >= 4 is 5.78 Å². The third kappa shape index (κ3) is 3.84. The lowest BCUT2D eigenvalue weighted by Gasteiger charge is -2.07. The molecule has 1 saturated heterocycles. The van der Waals surface area contributed by atoms with Crippen molar-refractivity contribution in [2.45, 2.75) is 25.7 Å². The Bertz CT molecular complexity index is 397. The van der Waals surface area contributed by atoms with Gasteiger partial charge in [0.05, 0.1) is 7.11 Å². The van der Waals surface area contributed by atoms with Gasteiger partial charge in [-0.05, 0) is 49.5 Å². The number of carbonyl (C=O) groups excluding carboxylic acids is 1. The van der Waals surface area contributed by atoms with Gasteiger partial charge in [0.25, 0.3) is 0 Å². The molecule has 1 atom stereocenters. The first kappa shape index (κ1) is 13.1. The zero-order valence-corrected chi connectivity index (χ0v) is 10.9. The van der Waals surface area contributed by atoms with Gasteiger partial charge in [-0.3, -0.25) is 4.79 Å². The average Bonchev–Trinajstić information content (AvgIpc) is 2.90. The Morgan fingerprint density at radius 1 is 1.50 bits per heavy atom. The van der Waals surface area contributed by atoms with Crippen molar-refractivity contribution in [3.8, 4) is 5.75 Å². The van der Waals surface area contributed by atoms with Gasteiger partial charge in [-0.25, -0.2) is 0 Å². The third-order valence-corrected chi connectivity index (χ3v) is 3.53. The Kier molecular flexibility index (Phi) is 4.76. The van der Waals surface area contributed by atoms with Crippen LogP contribution in [0.4, 0.5) is 0 Å². The van der Waals surface area contributed by atoms with Gasteiger partial charge in [0.15, 0.2) is 0 Å². The van der Waals surface area contributed by atoms with Crippen LogP contribution in [-0.2, 0) is 11.2 Å². The van der Waals surface area contributed by atoms with Crippen LogP contribution in [-0.4, -0.2) is 26.0 Å². The summed E-state index contributed by atoms with van der Waals surface area (Å²) in [5.74, 6) is 1.84. The van der Waals surface area contributed by atoms with Crippen molar-refractivity contribution in [3.63, 3.8) is 0 Å². The van der Waals surface area contributed by atoms with Crippen LogP contribution in [0.2, 0.25) is 0 Å². The van der Waals surface area contributed by atoms with E-state index in [0.717, 1.165) is 30.8 Å². The molecule has 0 radical (unpaired) electrons. The number of benzene rings is 1. The first-order valence-electron chi connectivity index (χ1n) is 6.63. The van der Waals surface area contributed by atoms with Gasteiger partial charge < -0.3 is 10.1 Å². The largest absolute Gasteiger partial charge is 0.497 e. The Morgan fingerprint density at radius 3 is 3.11 bits per heavy atom. The molecule has 1 heterocycles. The molecule has 0 aromatic heterocycles. The van der Waals surface area contributed by atoms with E-state index in [9.17, 15) is 4.79 Å². The van der Waals surface area contributed by atoms with Crippen molar-refractivity contribution < 1.29 is 9.53 Å². The van der Waals surface area contributed by atoms with Crippen LogP contribution < -0.4 is 10.1 Å². The number of ether oxygens (including phenoxy) is 1. The second kappa shape index (κ2) is 6.55. The van der Waals surface area contributed by atoms with Crippen LogP contribution in [0.5, 0.6) is 5.75 Å². The molecule has 0 saturated carbocycles. The number of nitrogens with one attached hydrogen (secondary N) is 1. The highest BCUT2D eigenvalue weighted by Gasteiger charge is 2.15. The summed E-state index contributed by atoms with van der Waals surface area (Å²) in [5.41, 5.74) is 1.05. The lowest BCUT2D eigenvalue weighted by Crippen LogP contribution is -2.11. The van der Waals surface area contributed by atoms with Gasteiger partial charge in [-0.1, -0.05) is 12.1 Å². The second-order valence-electron chi connectivity index (χ2n) is 4.96. The Morgan fingerprint density at radius 2 is 2.39 bits per heavy atom. The van der Waals surface area contributed by atoms with E-state index in [4.69, 9.17) is 4.74 Å². The lowest BCUT2D eigenvalue weighted by molar-refractivity contribution is -0.118. The molecule has 0 spiro atoms. The number of methoxy groups -OCH3 is 1. The molecule has 1 fully saturated rings. The summed E-state index contributed by atoms with van der Waals surface area (Å²) in [6.07, 6.45) is 3.46. The molecule has 18 heavy (non-hydrogen) atoms. The van der Waals surface area contributed by atoms with Gasteiger partial charge >= 0.3 is 0 Å². The van der Waals surface area contributed by atoms with Crippen molar-refractivity contribution in [1.29, 1.82) is 0 Å². The highest BCUT2D eigenvalue weighted by molar-refractivity contribution is 5.80. The van der Waals surface area contributed by atoms with Crippen molar-refractivity contribution in [2.24, 2.45) is 5.92 Å². The predicted octanol–water partition coefficient (Wildman–Crippen LogP) is 2.20. The van der Waals surface area contributed by atoms with Crippen LogP contribution >= 0.6 is 0 Å². The standard InChI is InChI=1S/C15H21NO2/c1-18-15-4-2-3-13(10-15)9-14(17)6-5-12-7-8-16-11-12/h2-4,10,12,16H,5-9,11H2,1H3. The Balaban J connectivity index is 1.78. The zero-order chi connectivity index (χ0) is 12.8. The molecule has 2 rings (SSSR count). The molecule has 0 amide bonds. The summed E-state index contributed by atoms with van der Waals surface area (Å²) in [6.45, 7) is 2.18. The maximum absolute atomic E-state index is 11.9. The summed E-state index contributed by atoms with van der Waals surface area (Å²) < 4.78 is 5.16. The maximum atomic E-state index is 11.9. The number of ketones is 1. The summed E-state index contributed by atoms with van der Waals surface area (Å²) >= 11 is 0. The molecule has 3 heteroatoms. The van der Waals surface area contributed by atoms with Crippen molar-refractivity contribution in [2.75, 3.05) is 20.2 Å². The molecule has 1 aliphatic heterocycles. The van der Waals surface area contributed by atoms with E-state index in [1.165, 1.54) is 6.42 Å². The van der Waals surface area contributed by atoms with E-state index >= 15 is 0 Å². The minimum atomic E-state index is 0.329. The molecular weight excluding hydrogens is 226 g/mol. The van der Waals surface area contributed by atoms with Crippen LogP contribution in [0.1, 0.15) is 24.8 Å². The van der Waals surface area contributed by atoms with Crippen LogP contribution in [0.3, 0.4) is 0 Å². The van der Waals surface area contributed by atoms with Crippen LogP contribution in [0.25, 0.3) is 0 Å². The number of Topliss-reactive ketones (excluding diaryl/α,β-unsaturated/α-hetero) is 1. The van der Waals surface area contributed by atoms with E-state index in [0.29, 0.717) is 24.5 Å². The van der Waals surface area contributed by atoms with E-state index in [1.807, 2.05) is 24.3 Å². The Hall–Kier alpha value is -1.35. The monoisotopic (exact) mass is 247 g/mol. The fourth-order valence-electron chi connectivity index (χ4n) is 2.42. The molecule has 1 unspecified atom stereocenters. The normalized spacial score (nSPS) is 18.8. The molecule has 1 N–H and O–H groups in total. The summed E-state index contributed by atoms with van der Waals surface area (Å²) in [4.78, 5) is 11.9. The molecule has 3 nitrogen and oxygen atoms in total. The SMILES string of the molecule is COc1cccc(CC(=O)CCC2CCNC2)c1. The fraction of sp³-hybridized carbons (Fsp3) is 0.533. The van der Waals surface area contributed by atoms with E-state index in [2.05, 4.69) is 5.32 Å². The van der Waals surface area contributed by atoms with Crippen LogP contribution in [0, 0.1) is 5.92 Å². The van der Waals surface area contributed by atoms with Gasteiger partial charge in [-0.15, -0.1) is 0 Å². The smallest absolute Gasteiger partial charge is 0.137 e. The predicted molar refractivity (Wildman–Crippen MR) is 71.9 cm³/mol.